The van der Waals surface area contributed by atoms with Crippen molar-refractivity contribution in [3.63, 3.8) is 0 Å². The summed E-state index contributed by atoms with van der Waals surface area (Å²) < 4.78 is 5.58. The third-order valence-corrected chi connectivity index (χ3v) is 3.90. The largest absolute Gasteiger partial charge is 0.478 e. The van der Waals surface area contributed by atoms with Crippen LogP contribution in [-0.4, -0.2) is 39.9 Å². The molecule has 0 aliphatic carbocycles. The third-order valence-electron chi connectivity index (χ3n) is 3.90. The number of carbonyl (C=O) groups is 2. The highest BCUT2D eigenvalue weighted by atomic mass is 16.5. The van der Waals surface area contributed by atoms with Gasteiger partial charge in [0.25, 0.3) is 0 Å². The van der Waals surface area contributed by atoms with Crippen LogP contribution in [0.3, 0.4) is 0 Å². The molecule has 3 heterocycles. The van der Waals surface area contributed by atoms with Gasteiger partial charge in [-0.2, -0.15) is 0 Å². The topological polar surface area (TPSA) is 79.7 Å². The van der Waals surface area contributed by atoms with E-state index in [0.717, 1.165) is 17.5 Å². The number of ketones is 1. The molecule has 0 fully saturated rings. The Kier molecular flexibility index (Phi) is 3.37. The molecule has 0 aromatic carbocycles. The average molecular weight is 288 g/mol. The summed E-state index contributed by atoms with van der Waals surface area (Å²) in [6.45, 7) is 3.08. The highest BCUT2D eigenvalue weighted by molar-refractivity contribution is 6.17. The Bertz CT molecular complexity index is 639. The van der Waals surface area contributed by atoms with E-state index >= 15 is 0 Å². The molecule has 0 spiro atoms. The summed E-state index contributed by atoms with van der Waals surface area (Å²) in [7, 11) is 0. The fourth-order valence-electron chi connectivity index (χ4n) is 2.96. The van der Waals surface area contributed by atoms with Gasteiger partial charge in [-0.1, -0.05) is 0 Å². The molecule has 0 saturated carbocycles. The van der Waals surface area contributed by atoms with E-state index in [0.29, 0.717) is 19.0 Å². The summed E-state index contributed by atoms with van der Waals surface area (Å²) >= 11 is 0. The summed E-state index contributed by atoms with van der Waals surface area (Å²) in [6, 6.07) is 1.76. The second-order valence-electron chi connectivity index (χ2n) is 5.10. The first-order valence-corrected chi connectivity index (χ1v) is 6.96. The van der Waals surface area contributed by atoms with Gasteiger partial charge in [-0.05, 0) is 25.0 Å². The first kappa shape index (κ1) is 13.6. The molecule has 1 aromatic heterocycles. The molecule has 1 N–H and O–H groups in total. The summed E-state index contributed by atoms with van der Waals surface area (Å²) in [6.07, 6.45) is 4.11. The number of aliphatic carboxylic acids is 1. The zero-order chi connectivity index (χ0) is 15.0. The Morgan fingerprint density at radius 2 is 2.38 bits per heavy atom. The lowest BCUT2D eigenvalue weighted by Crippen LogP contribution is -2.38. The lowest BCUT2D eigenvalue weighted by molar-refractivity contribution is -0.135. The zero-order valence-electron chi connectivity index (χ0n) is 11.7. The molecular weight excluding hydrogens is 272 g/mol. The molecule has 0 saturated heterocycles. The van der Waals surface area contributed by atoms with Gasteiger partial charge in [0.15, 0.2) is 5.78 Å². The molecule has 0 bridgehead atoms. The van der Waals surface area contributed by atoms with Gasteiger partial charge >= 0.3 is 5.97 Å². The lowest BCUT2D eigenvalue weighted by atomic mass is 9.87. The molecular formula is C15H16N2O4. The van der Waals surface area contributed by atoms with Crippen LogP contribution in [0.4, 0.5) is 0 Å². The van der Waals surface area contributed by atoms with Crippen LogP contribution in [-0.2, 0) is 16.0 Å². The van der Waals surface area contributed by atoms with Crippen LogP contribution in [0.5, 0.6) is 5.88 Å². The Labute approximate surface area is 122 Å². The number of ether oxygens (including phenoxy) is 1. The molecule has 21 heavy (non-hydrogen) atoms. The quantitative estimate of drug-likeness (QED) is 0.845. The van der Waals surface area contributed by atoms with E-state index in [9.17, 15) is 9.59 Å². The highest BCUT2D eigenvalue weighted by Gasteiger charge is 2.37. The summed E-state index contributed by atoms with van der Waals surface area (Å²) in [4.78, 5) is 29.3. The number of hydrogen-bond donors (Lipinski definition) is 1. The van der Waals surface area contributed by atoms with Crippen molar-refractivity contribution in [1.82, 2.24) is 9.88 Å². The standard InChI is InChI=1S/C15H16N2O4/c1-2-21-14-13-9(3-5-16-14)4-6-17-8-10(15(19)20)12(18)7-11(13)17/h3,5,8,11H,2,4,6-7H2,1H3,(H,19,20). The van der Waals surface area contributed by atoms with Crippen molar-refractivity contribution < 1.29 is 19.4 Å². The zero-order valence-corrected chi connectivity index (χ0v) is 11.7. The number of carboxylic acid groups (broad SMARTS) is 1. The van der Waals surface area contributed by atoms with Gasteiger partial charge in [-0.15, -0.1) is 0 Å². The number of carbonyl (C=O) groups excluding carboxylic acids is 1. The van der Waals surface area contributed by atoms with Gasteiger partial charge in [0.05, 0.1) is 12.6 Å². The molecule has 2 aliphatic rings. The minimum atomic E-state index is -1.17. The van der Waals surface area contributed by atoms with E-state index in [4.69, 9.17) is 9.84 Å². The first-order valence-electron chi connectivity index (χ1n) is 6.96. The molecule has 3 rings (SSSR count). The van der Waals surface area contributed by atoms with Crippen LogP contribution >= 0.6 is 0 Å². The van der Waals surface area contributed by atoms with Crippen molar-refractivity contribution in [2.45, 2.75) is 25.8 Å². The minimum Gasteiger partial charge on any atom is -0.478 e. The molecule has 1 aromatic rings. The van der Waals surface area contributed by atoms with Crippen molar-refractivity contribution >= 4 is 11.8 Å². The fraction of sp³-hybridized carbons (Fsp3) is 0.400. The normalized spacial score (nSPS) is 20.4. The Morgan fingerprint density at radius 3 is 3.10 bits per heavy atom. The van der Waals surface area contributed by atoms with Gasteiger partial charge in [0.1, 0.15) is 5.57 Å². The number of rotatable bonds is 3. The SMILES string of the molecule is CCOc1nccc2c1C1CC(=O)C(C(=O)O)=CN1CC2. The number of Topliss-reactive ketones (excluding diaryl/α,β-unsaturated/α-hetero) is 1. The monoisotopic (exact) mass is 288 g/mol. The predicted octanol–water partition coefficient (Wildman–Crippen LogP) is 1.32. The van der Waals surface area contributed by atoms with Gasteiger partial charge in [0, 0.05) is 30.9 Å². The number of carboxylic acids is 1. The van der Waals surface area contributed by atoms with Crippen LogP contribution in [0, 0.1) is 0 Å². The predicted molar refractivity (Wildman–Crippen MR) is 73.9 cm³/mol. The molecule has 1 unspecified atom stereocenters. The van der Waals surface area contributed by atoms with Gasteiger partial charge in [-0.3, -0.25) is 4.79 Å². The molecule has 2 aliphatic heterocycles. The number of aromatic nitrogens is 1. The van der Waals surface area contributed by atoms with E-state index in [1.165, 1.54) is 6.20 Å². The Balaban J connectivity index is 2.04. The maximum absolute atomic E-state index is 12.0. The Morgan fingerprint density at radius 1 is 1.57 bits per heavy atom. The lowest BCUT2D eigenvalue weighted by Gasteiger charge is -2.39. The number of nitrogens with zero attached hydrogens (tertiary/aromatic N) is 2. The second kappa shape index (κ2) is 5.20. The van der Waals surface area contributed by atoms with Crippen LogP contribution in [0.2, 0.25) is 0 Å². The number of pyridine rings is 1. The molecule has 1 atom stereocenters. The van der Waals surface area contributed by atoms with E-state index in [2.05, 4.69) is 4.98 Å². The van der Waals surface area contributed by atoms with E-state index < -0.39 is 5.97 Å². The molecule has 6 nitrogen and oxygen atoms in total. The fourth-order valence-corrected chi connectivity index (χ4v) is 2.96. The van der Waals surface area contributed by atoms with Crippen LogP contribution < -0.4 is 4.74 Å². The summed E-state index contributed by atoms with van der Waals surface area (Å²) in [5.41, 5.74) is 1.89. The van der Waals surface area contributed by atoms with Gasteiger partial charge in [-0.25, -0.2) is 9.78 Å². The van der Waals surface area contributed by atoms with Gasteiger partial charge in [0.2, 0.25) is 5.88 Å². The Hall–Kier alpha value is -2.37. The number of hydrogen-bond acceptors (Lipinski definition) is 5. The van der Waals surface area contributed by atoms with Crippen molar-refractivity contribution in [1.29, 1.82) is 0 Å². The highest BCUT2D eigenvalue weighted by Crippen LogP contribution is 2.40. The number of fused-ring (bicyclic) bond motifs is 3. The minimum absolute atomic E-state index is 0.142. The maximum atomic E-state index is 12.0. The summed E-state index contributed by atoms with van der Waals surface area (Å²) in [5, 5.41) is 9.08. The van der Waals surface area contributed by atoms with Crippen molar-refractivity contribution in [2.24, 2.45) is 0 Å². The smallest absolute Gasteiger partial charge is 0.340 e. The second-order valence-corrected chi connectivity index (χ2v) is 5.10. The van der Waals surface area contributed by atoms with E-state index in [1.54, 1.807) is 6.20 Å². The molecule has 0 radical (unpaired) electrons. The molecule has 6 heteroatoms. The van der Waals surface area contributed by atoms with Crippen LogP contribution in [0.25, 0.3) is 0 Å². The van der Waals surface area contributed by atoms with Crippen molar-refractivity contribution in [3.05, 3.63) is 35.2 Å². The maximum Gasteiger partial charge on any atom is 0.340 e. The van der Waals surface area contributed by atoms with E-state index in [1.807, 2.05) is 17.9 Å². The van der Waals surface area contributed by atoms with E-state index in [-0.39, 0.29) is 23.8 Å². The average Bonchev–Trinajstić information content (AvgIpc) is 2.46. The first-order chi connectivity index (χ1) is 10.1. The molecule has 0 amide bonds. The third kappa shape index (κ3) is 2.26. The van der Waals surface area contributed by atoms with Crippen LogP contribution in [0.1, 0.15) is 30.5 Å². The van der Waals surface area contributed by atoms with Gasteiger partial charge < -0.3 is 14.7 Å². The molecule has 110 valence electrons. The van der Waals surface area contributed by atoms with Crippen molar-refractivity contribution in [3.8, 4) is 5.88 Å². The van der Waals surface area contributed by atoms with Crippen molar-refractivity contribution in [2.75, 3.05) is 13.2 Å². The van der Waals surface area contributed by atoms with Crippen LogP contribution in [0.15, 0.2) is 24.0 Å². The summed E-state index contributed by atoms with van der Waals surface area (Å²) in [5.74, 6) is -0.965.